The molecule has 1 aliphatic rings. The van der Waals surface area contributed by atoms with E-state index in [-0.39, 0.29) is 44.4 Å². The first kappa shape index (κ1) is 28.3. The number of fused-ring (bicyclic) bond motifs is 1. The van der Waals surface area contributed by atoms with Gasteiger partial charge in [0, 0.05) is 42.3 Å². The zero-order valence-electron chi connectivity index (χ0n) is 21.6. The first-order chi connectivity index (χ1) is 19.4. The average molecular weight is 574 g/mol. The van der Waals surface area contributed by atoms with E-state index in [0.717, 1.165) is 22.0 Å². The van der Waals surface area contributed by atoms with Gasteiger partial charge in [0.1, 0.15) is 0 Å². The Morgan fingerprint density at radius 3 is 2.12 bits per heavy atom. The number of H-pyrrole nitrogens is 1. The summed E-state index contributed by atoms with van der Waals surface area (Å²) < 4.78 is 81.0. The molecule has 0 radical (unpaired) electrons. The number of hydrogen-bond acceptors (Lipinski definition) is 2. The maximum Gasteiger partial charge on any atom is 0.416 e. The lowest BCUT2D eigenvalue weighted by molar-refractivity contribution is -0.143. The number of carbonyl (C=O) groups excluding carboxylic acids is 2. The first-order valence-electron chi connectivity index (χ1n) is 12.9. The lowest BCUT2D eigenvalue weighted by Crippen LogP contribution is -2.57. The third-order valence-electron chi connectivity index (χ3n) is 7.26. The maximum absolute atomic E-state index is 13.6. The van der Waals surface area contributed by atoms with Gasteiger partial charge in [-0.3, -0.25) is 9.59 Å². The number of carbonyl (C=O) groups is 2. The van der Waals surface area contributed by atoms with E-state index < -0.39 is 41.0 Å². The van der Waals surface area contributed by atoms with Gasteiger partial charge in [-0.2, -0.15) is 26.3 Å². The highest BCUT2D eigenvalue weighted by atomic mass is 19.4. The molecule has 0 unspecified atom stereocenters. The maximum atomic E-state index is 13.6. The highest BCUT2D eigenvalue weighted by molar-refractivity contribution is 5.95. The van der Waals surface area contributed by atoms with Crippen molar-refractivity contribution < 1.29 is 35.9 Å². The van der Waals surface area contributed by atoms with Crippen molar-refractivity contribution in [3.05, 3.63) is 107 Å². The van der Waals surface area contributed by atoms with Gasteiger partial charge < -0.3 is 14.8 Å². The SMILES string of the molecule is O=C(Cc1ccccc1)N1CCN(C(=O)c2cc(C(F)(F)F)cc(C(F)(F)F)c2)[C@H](Cc2c[nH]c3ccccc23)C1. The molecule has 1 atom stereocenters. The molecule has 0 spiro atoms. The predicted molar refractivity (Wildman–Crippen MR) is 140 cm³/mol. The summed E-state index contributed by atoms with van der Waals surface area (Å²) in [5.41, 5.74) is -1.38. The van der Waals surface area contributed by atoms with E-state index in [1.165, 1.54) is 4.90 Å². The summed E-state index contributed by atoms with van der Waals surface area (Å²) in [7, 11) is 0. The molecule has 1 saturated heterocycles. The quantitative estimate of drug-likeness (QED) is 0.283. The first-order valence-corrected chi connectivity index (χ1v) is 12.9. The fourth-order valence-corrected chi connectivity index (χ4v) is 5.20. The number of aromatic nitrogens is 1. The molecule has 1 N–H and O–H groups in total. The van der Waals surface area contributed by atoms with Crippen LogP contribution in [0.15, 0.2) is 79.0 Å². The lowest BCUT2D eigenvalue weighted by Gasteiger charge is -2.42. The molecule has 1 fully saturated rings. The van der Waals surface area contributed by atoms with Crippen LogP contribution in [0, 0.1) is 0 Å². The van der Waals surface area contributed by atoms with Gasteiger partial charge in [-0.05, 0) is 41.8 Å². The number of aromatic amines is 1. The normalized spacial score (nSPS) is 16.3. The molecule has 2 heterocycles. The molecule has 11 heteroatoms. The van der Waals surface area contributed by atoms with Crippen molar-refractivity contribution >= 4 is 22.7 Å². The lowest BCUT2D eigenvalue weighted by atomic mass is 9.98. The Labute approximate surface area is 231 Å². The number of alkyl halides is 6. The molecular weight excluding hydrogens is 548 g/mol. The van der Waals surface area contributed by atoms with Gasteiger partial charge >= 0.3 is 12.4 Å². The van der Waals surface area contributed by atoms with Crippen molar-refractivity contribution in [2.24, 2.45) is 0 Å². The van der Waals surface area contributed by atoms with Gasteiger partial charge in [0.2, 0.25) is 5.91 Å². The van der Waals surface area contributed by atoms with Crippen LogP contribution in [-0.2, 0) is 30.0 Å². The van der Waals surface area contributed by atoms with E-state index in [9.17, 15) is 35.9 Å². The number of halogens is 6. The number of rotatable bonds is 5. The second kappa shape index (κ2) is 10.9. The second-order valence-corrected chi connectivity index (χ2v) is 10.0. The molecule has 1 aromatic heterocycles. The smallest absolute Gasteiger partial charge is 0.361 e. The second-order valence-electron chi connectivity index (χ2n) is 10.0. The Kier molecular flexibility index (Phi) is 7.54. The van der Waals surface area contributed by atoms with Crippen LogP contribution < -0.4 is 0 Å². The van der Waals surface area contributed by atoms with Gasteiger partial charge in [-0.25, -0.2) is 0 Å². The zero-order valence-corrected chi connectivity index (χ0v) is 21.6. The highest BCUT2D eigenvalue weighted by Gasteiger charge is 2.39. The molecule has 1 aliphatic heterocycles. The molecule has 214 valence electrons. The van der Waals surface area contributed by atoms with Crippen molar-refractivity contribution in [1.82, 2.24) is 14.8 Å². The van der Waals surface area contributed by atoms with Gasteiger partial charge in [-0.1, -0.05) is 48.5 Å². The van der Waals surface area contributed by atoms with Crippen LogP contribution in [0.1, 0.15) is 32.6 Å². The number of amides is 2. The Bertz CT molecular complexity index is 1530. The summed E-state index contributed by atoms with van der Waals surface area (Å²) in [5.74, 6) is -1.15. The fraction of sp³-hybridized carbons (Fsp3) is 0.267. The molecule has 3 aromatic carbocycles. The van der Waals surface area contributed by atoms with Crippen LogP contribution in [0.3, 0.4) is 0 Å². The largest absolute Gasteiger partial charge is 0.416 e. The summed E-state index contributed by atoms with van der Waals surface area (Å²) in [6, 6.07) is 16.7. The molecule has 4 aromatic rings. The van der Waals surface area contributed by atoms with Crippen molar-refractivity contribution in [1.29, 1.82) is 0 Å². The molecule has 0 saturated carbocycles. The van der Waals surface area contributed by atoms with Crippen molar-refractivity contribution in [2.75, 3.05) is 19.6 Å². The number of benzene rings is 3. The van der Waals surface area contributed by atoms with Crippen LogP contribution in [0.2, 0.25) is 0 Å². The zero-order chi connectivity index (χ0) is 29.4. The summed E-state index contributed by atoms with van der Waals surface area (Å²) in [4.78, 5) is 32.8. The Morgan fingerprint density at radius 2 is 1.46 bits per heavy atom. The molecule has 2 amide bonds. The van der Waals surface area contributed by atoms with E-state index in [4.69, 9.17) is 0 Å². The van der Waals surface area contributed by atoms with Crippen LogP contribution >= 0.6 is 0 Å². The number of hydrogen-bond donors (Lipinski definition) is 1. The number of nitrogens with one attached hydrogen (secondary N) is 1. The summed E-state index contributed by atoms with van der Waals surface area (Å²) in [6.07, 6.45) is -8.05. The van der Waals surface area contributed by atoms with Crippen LogP contribution in [-0.4, -0.2) is 52.3 Å². The van der Waals surface area contributed by atoms with E-state index in [1.54, 1.807) is 11.1 Å². The summed E-state index contributed by atoms with van der Waals surface area (Å²) >= 11 is 0. The molecule has 41 heavy (non-hydrogen) atoms. The minimum atomic E-state index is -5.08. The van der Waals surface area contributed by atoms with Gasteiger partial charge in [0.05, 0.1) is 23.6 Å². The van der Waals surface area contributed by atoms with Crippen LogP contribution in [0.5, 0.6) is 0 Å². The van der Waals surface area contributed by atoms with Crippen molar-refractivity contribution in [3.63, 3.8) is 0 Å². The number of piperazine rings is 1. The summed E-state index contributed by atoms with van der Waals surface area (Å²) in [6.45, 7) is 0.110. The Morgan fingerprint density at radius 1 is 0.829 bits per heavy atom. The minimum absolute atomic E-state index is 0.000387. The molecule has 5 rings (SSSR count). The average Bonchev–Trinajstić information content (AvgIpc) is 3.34. The van der Waals surface area contributed by atoms with E-state index in [2.05, 4.69) is 4.98 Å². The minimum Gasteiger partial charge on any atom is -0.361 e. The van der Waals surface area contributed by atoms with Gasteiger partial charge in [0.15, 0.2) is 0 Å². The van der Waals surface area contributed by atoms with Crippen LogP contribution in [0.4, 0.5) is 26.3 Å². The third kappa shape index (κ3) is 6.23. The van der Waals surface area contributed by atoms with Crippen molar-refractivity contribution in [2.45, 2.75) is 31.2 Å². The Balaban J connectivity index is 1.48. The molecule has 5 nitrogen and oxygen atoms in total. The van der Waals surface area contributed by atoms with Gasteiger partial charge in [0.25, 0.3) is 5.91 Å². The highest BCUT2D eigenvalue weighted by Crippen LogP contribution is 2.37. The van der Waals surface area contributed by atoms with E-state index in [1.807, 2.05) is 54.6 Å². The third-order valence-corrected chi connectivity index (χ3v) is 7.26. The summed E-state index contributed by atoms with van der Waals surface area (Å²) in [5, 5.41) is 0.867. The standard InChI is InChI=1S/C30H25F6N3O2/c31-29(32,33)22-13-20(14-23(16-22)30(34,35)36)28(41)39-11-10-38(27(40)12-19-6-2-1-3-7-19)18-24(39)15-21-17-37-26-9-5-4-8-25(21)26/h1-9,13-14,16-17,24,37H,10-12,15,18H2/t24-/m1/s1. The van der Waals surface area contributed by atoms with Crippen molar-refractivity contribution in [3.8, 4) is 0 Å². The fourth-order valence-electron chi connectivity index (χ4n) is 5.20. The predicted octanol–water partition coefficient (Wildman–Crippen LogP) is 6.34. The Hall–Kier alpha value is -4.28. The molecular formula is C30H25F6N3O2. The monoisotopic (exact) mass is 573 g/mol. The van der Waals surface area contributed by atoms with Crippen LogP contribution in [0.25, 0.3) is 10.9 Å². The number of nitrogens with zero attached hydrogens (tertiary/aromatic N) is 2. The molecule has 0 aliphatic carbocycles. The van der Waals surface area contributed by atoms with E-state index >= 15 is 0 Å². The topological polar surface area (TPSA) is 56.4 Å². The van der Waals surface area contributed by atoms with Gasteiger partial charge in [-0.15, -0.1) is 0 Å². The van der Waals surface area contributed by atoms with E-state index in [0.29, 0.717) is 12.1 Å². The molecule has 0 bridgehead atoms. The number of para-hydroxylation sites is 1.